The monoisotopic (exact) mass is 350 g/mol. The van der Waals surface area contributed by atoms with Gasteiger partial charge in [0.1, 0.15) is 0 Å². The van der Waals surface area contributed by atoms with Crippen LogP contribution < -0.4 is 10.6 Å². The fourth-order valence-electron chi connectivity index (χ4n) is 2.04. The van der Waals surface area contributed by atoms with Crippen LogP contribution in [0.3, 0.4) is 0 Å². The molecule has 0 aromatic heterocycles. The van der Waals surface area contributed by atoms with Crippen molar-refractivity contribution in [3.05, 3.63) is 69.2 Å². The van der Waals surface area contributed by atoms with Crippen molar-refractivity contribution in [1.82, 2.24) is 10.6 Å². The number of nitrogens with one attached hydrogen (secondary N) is 2. The van der Waals surface area contributed by atoms with Crippen LogP contribution in [0.1, 0.15) is 26.3 Å². The summed E-state index contributed by atoms with van der Waals surface area (Å²) in [5.74, 6) is -0.499. The molecule has 0 fully saturated rings. The van der Waals surface area contributed by atoms with E-state index >= 15 is 0 Å². The third-order valence-electron chi connectivity index (χ3n) is 3.26. The van der Waals surface area contributed by atoms with Crippen molar-refractivity contribution >= 4 is 35.0 Å². The molecule has 2 amide bonds. The summed E-state index contributed by atoms with van der Waals surface area (Å²) in [6.07, 6.45) is 0. The Morgan fingerprint density at radius 2 is 1.52 bits per heavy atom. The van der Waals surface area contributed by atoms with Crippen LogP contribution >= 0.6 is 23.2 Å². The lowest BCUT2D eigenvalue weighted by atomic mass is 10.1. The molecule has 2 rings (SSSR count). The molecule has 2 N–H and O–H groups in total. The number of rotatable bonds is 5. The number of hydrogen-bond donors (Lipinski definition) is 2. The van der Waals surface area contributed by atoms with Crippen molar-refractivity contribution in [2.75, 3.05) is 13.1 Å². The van der Waals surface area contributed by atoms with Gasteiger partial charge in [0.05, 0.1) is 10.6 Å². The normalized spacial score (nSPS) is 10.2. The average Bonchev–Trinajstić information content (AvgIpc) is 2.53. The Balaban J connectivity index is 1.83. The van der Waals surface area contributed by atoms with Gasteiger partial charge in [-0.05, 0) is 36.8 Å². The number of halogens is 2. The van der Waals surface area contributed by atoms with Crippen molar-refractivity contribution in [2.24, 2.45) is 0 Å². The first-order valence-electron chi connectivity index (χ1n) is 7.06. The van der Waals surface area contributed by atoms with Gasteiger partial charge in [-0.1, -0.05) is 41.4 Å². The van der Waals surface area contributed by atoms with E-state index in [9.17, 15) is 9.59 Å². The van der Waals surface area contributed by atoms with Gasteiger partial charge >= 0.3 is 0 Å². The van der Waals surface area contributed by atoms with Crippen LogP contribution in [0.2, 0.25) is 10.0 Å². The Labute approximate surface area is 144 Å². The average molecular weight is 351 g/mol. The molecule has 0 saturated carbocycles. The van der Waals surface area contributed by atoms with Gasteiger partial charge in [0.2, 0.25) is 0 Å². The van der Waals surface area contributed by atoms with Crippen LogP contribution in [0.4, 0.5) is 0 Å². The van der Waals surface area contributed by atoms with Crippen molar-refractivity contribution in [1.29, 1.82) is 0 Å². The predicted molar refractivity (Wildman–Crippen MR) is 92.3 cm³/mol. The molecular weight excluding hydrogens is 335 g/mol. The Morgan fingerprint density at radius 1 is 0.913 bits per heavy atom. The third-order valence-corrected chi connectivity index (χ3v) is 3.82. The number of amides is 2. The Kier molecular flexibility index (Phi) is 6.02. The molecule has 6 heteroatoms. The number of aryl methyl sites for hydroxylation is 1. The minimum atomic E-state index is -0.331. The second-order valence-corrected chi connectivity index (χ2v) is 5.79. The summed E-state index contributed by atoms with van der Waals surface area (Å²) in [4.78, 5) is 24.0. The first-order chi connectivity index (χ1) is 11.0. The van der Waals surface area contributed by atoms with Crippen LogP contribution in [0, 0.1) is 6.92 Å². The maximum atomic E-state index is 12.0. The van der Waals surface area contributed by atoms with E-state index in [1.54, 1.807) is 18.2 Å². The highest BCUT2D eigenvalue weighted by Crippen LogP contribution is 2.20. The molecule has 0 heterocycles. The minimum Gasteiger partial charge on any atom is -0.350 e. The molecular formula is C17H16Cl2N2O2. The highest BCUT2D eigenvalue weighted by molar-refractivity contribution is 6.35. The van der Waals surface area contributed by atoms with E-state index < -0.39 is 0 Å². The van der Waals surface area contributed by atoms with E-state index in [4.69, 9.17) is 23.2 Å². The highest BCUT2D eigenvalue weighted by Gasteiger charge is 2.11. The zero-order chi connectivity index (χ0) is 16.8. The summed E-state index contributed by atoms with van der Waals surface area (Å²) in [7, 11) is 0. The topological polar surface area (TPSA) is 58.2 Å². The Bertz CT molecular complexity index is 732. The Morgan fingerprint density at radius 3 is 2.17 bits per heavy atom. The molecule has 4 nitrogen and oxygen atoms in total. The molecule has 2 aromatic rings. The van der Waals surface area contributed by atoms with Gasteiger partial charge in [-0.15, -0.1) is 0 Å². The molecule has 0 radical (unpaired) electrons. The van der Waals surface area contributed by atoms with Crippen molar-refractivity contribution in [2.45, 2.75) is 6.92 Å². The van der Waals surface area contributed by atoms with Crippen LogP contribution in [0.15, 0.2) is 42.5 Å². The summed E-state index contributed by atoms with van der Waals surface area (Å²) in [6.45, 7) is 2.48. The quantitative estimate of drug-likeness (QED) is 0.811. The van der Waals surface area contributed by atoms with E-state index in [0.29, 0.717) is 34.3 Å². The van der Waals surface area contributed by atoms with E-state index in [1.165, 1.54) is 6.07 Å². The smallest absolute Gasteiger partial charge is 0.252 e. The number of carbonyl (C=O) groups excluding carboxylic acids is 2. The van der Waals surface area contributed by atoms with Gasteiger partial charge in [0, 0.05) is 23.7 Å². The fourth-order valence-corrected chi connectivity index (χ4v) is 2.42. The number of carbonyl (C=O) groups is 2. The zero-order valence-corrected chi connectivity index (χ0v) is 14.0. The standard InChI is InChI=1S/C17H16Cl2N2O2/c1-11-4-2-3-5-13(11)16(22)20-8-9-21-17(23)14-10-12(18)6-7-15(14)19/h2-7,10H,8-9H2,1H3,(H,20,22)(H,21,23). The fraction of sp³-hybridized carbons (Fsp3) is 0.176. The Hall–Kier alpha value is -2.04. The maximum Gasteiger partial charge on any atom is 0.252 e. The largest absolute Gasteiger partial charge is 0.350 e. The minimum absolute atomic E-state index is 0.168. The third kappa shape index (κ3) is 4.71. The lowest BCUT2D eigenvalue weighted by Crippen LogP contribution is -2.35. The van der Waals surface area contributed by atoms with Gasteiger partial charge in [-0.3, -0.25) is 9.59 Å². The first kappa shape index (κ1) is 17.3. The second-order valence-electron chi connectivity index (χ2n) is 4.95. The summed E-state index contributed by atoms with van der Waals surface area (Å²) in [5.41, 5.74) is 1.83. The molecule has 0 aliphatic heterocycles. The van der Waals surface area contributed by atoms with Crippen molar-refractivity contribution in [3.63, 3.8) is 0 Å². The summed E-state index contributed by atoms with van der Waals surface area (Å²) in [5, 5.41) is 6.22. The highest BCUT2D eigenvalue weighted by atomic mass is 35.5. The molecule has 0 atom stereocenters. The second kappa shape index (κ2) is 7.99. The lowest BCUT2D eigenvalue weighted by molar-refractivity contribution is 0.0927. The molecule has 0 spiro atoms. The first-order valence-corrected chi connectivity index (χ1v) is 7.81. The van der Waals surface area contributed by atoms with Crippen LogP contribution in [0.5, 0.6) is 0 Å². The number of benzene rings is 2. The van der Waals surface area contributed by atoms with Gasteiger partial charge in [0.15, 0.2) is 0 Å². The maximum absolute atomic E-state index is 12.0. The van der Waals surface area contributed by atoms with Crippen molar-refractivity contribution < 1.29 is 9.59 Å². The molecule has 120 valence electrons. The van der Waals surface area contributed by atoms with Crippen LogP contribution in [0.25, 0.3) is 0 Å². The number of hydrogen-bond acceptors (Lipinski definition) is 2. The molecule has 2 aromatic carbocycles. The molecule has 0 unspecified atom stereocenters. The predicted octanol–water partition coefficient (Wildman–Crippen LogP) is 3.46. The SMILES string of the molecule is Cc1ccccc1C(=O)NCCNC(=O)c1cc(Cl)ccc1Cl. The van der Waals surface area contributed by atoms with E-state index in [0.717, 1.165) is 5.56 Å². The zero-order valence-electron chi connectivity index (χ0n) is 12.5. The van der Waals surface area contributed by atoms with Crippen molar-refractivity contribution in [3.8, 4) is 0 Å². The summed E-state index contributed by atoms with van der Waals surface area (Å²) < 4.78 is 0. The summed E-state index contributed by atoms with van der Waals surface area (Å²) >= 11 is 11.8. The molecule has 0 saturated heterocycles. The lowest BCUT2D eigenvalue weighted by Gasteiger charge is -2.09. The molecule has 0 bridgehead atoms. The van der Waals surface area contributed by atoms with Gasteiger partial charge in [-0.2, -0.15) is 0 Å². The van der Waals surface area contributed by atoms with E-state index in [-0.39, 0.29) is 11.8 Å². The van der Waals surface area contributed by atoms with E-state index in [2.05, 4.69) is 10.6 Å². The van der Waals surface area contributed by atoms with Gasteiger partial charge in [-0.25, -0.2) is 0 Å². The summed E-state index contributed by atoms with van der Waals surface area (Å²) in [6, 6.07) is 12.0. The van der Waals surface area contributed by atoms with Gasteiger partial charge < -0.3 is 10.6 Å². The van der Waals surface area contributed by atoms with Gasteiger partial charge in [0.25, 0.3) is 11.8 Å². The molecule has 23 heavy (non-hydrogen) atoms. The molecule has 0 aliphatic rings. The molecule has 0 aliphatic carbocycles. The van der Waals surface area contributed by atoms with E-state index in [1.807, 2.05) is 25.1 Å². The van der Waals surface area contributed by atoms with Crippen LogP contribution in [-0.4, -0.2) is 24.9 Å². The van der Waals surface area contributed by atoms with Crippen LogP contribution in [-0.2, 0) is 0 Å².